The van der Waals surface area contributed by atoms with E-state index in [9.17, 15) is 14.4 Å². The van der Waals surface area contributed by atoms with Gasteiger partial charge < -0.3 is 29.7 Å². The Labute approximate surface area is 232 Å². The first-order valence-electron chi connectivity index (χ1n) is 14.3. The number of carbonyl (C=O) groups is 3. The fourth-order valence-corrected chi connectivity index (χ4v) is 6.16. The standard InChI is InChI=1S/C30H45N3O6/c1-19(34)32-23(12-9-10-15-31-28(36)39-29(2,3)4)27(35)33-16-14-24-20(18-33)17-22-26(37-24)21-11-7-8-13-25(21)38-30(22,5)6/h7-8,11,13,20,22-24,26H,9-10,12,14-18H2,1-6H3,(H,31,36)(H,32,34)/t20-,22+,23+,24+,26-/m1/s1. The SMILES string of the molecule is CC(=O)N[C@@H](CCCCNC(=O)OC(C)(C)C)C(=O)N1CC[C@@H]2O[C@@H]3c4ccccc4OC(C)(C)[C@H]3C[C@@H]2C1. The van der Waals surface area contributed by atoms with Crippen molar-refractivity contribution >= 4 is 17.9 Å². The number of carbonyl (C=O) groups excluding carboxylic acids is 3. The number of ether oxygens (including phenoxy) is 3. The molecule has 39 heavy (non-hydrogen) atoms. The van der Waals surface area contributed by atoms with Crippen LogP contribution in [0.5, 0.6) is 5.75 Å². The molecule has 0 bridgehead atoms. The van der Waals surface area contributed by atoms with E-state index in [-0.39, 0.29) is 41.5 Å². The van der Waals surface area contributed by atoms with Gasteiger partial charge in [0.15, 0.2) is 0 Å². The number of nitrogens with zero attached hydrogens (tertiary/aromatic N) is 1. The van der Waals surface area contributed by atoms with Gasteiger partial charge in [-0.05, 0) is 72.8 Å². The fourth-order valence-electron chi connectivity index (χ4n) is 6.16. The molecule has 3 aliphatic heterocycles. The Morgan fingerprint density at radius 1 is 1.18 bits per heavy atom. The van der Waals surface area contributed by atoms with E-state index in [4.69, 9.17) is 14.2 Å². The van der Waals surface area contributed by atoms with E-state index in [1.54, 1.807) is 0 Å². The predicted octanol–water partition coefficient (Wildman–Crippen LogP) is 4.35. The van der Waals surface area contributed by atoms with Gasteiger partial charge >= 0.3 is 6.09 Å². The smallest absolute Gasteiger partial charge is 0.407 e. The number of fused-ring (bicyclic) bond motifs is 4. The monoisotopic (exact) mass is 543 g/mol. The molecule has 216 valence electrons. The maximum atomic E-state index is 13.6. The number of para-hydroxylation sites is 1. The maximum absolute atomic E-state index is 13.6. The Morgan fingerprint density at radius 3 is 2.64 bits per heavy atom. The van der Waals surface area contributed by atoms with Crippen LogP contribution in [0.1, 0.15) is 85.3 Å². The molecule has 3 amide bonds. The van der Waals surface area contributed by atoms with Crippen molar-refractivity contribution in [2.75, 3.05) is 19.6 Å². The summed E-state index contributed by atoms with van der Waals surface area (Å²) in [6, 6.07) is 7.55. The van der Waals surface area contributed by atoms with Crippen LogP contribution in [0.2, 0.25) is 0 Å². The van der Waals surface area contributed by atoms with Crippen LogP contribution in [0, 0.1) is 11.8 Å². The number of rotatable bonds is 7. The lowest BCUT2D eigenvalue weighted by Crippen LogP contribution is -2.58. The molecule has 1 aromatic carbocycles. The Hall–Kier alpha value is -2.81. The Bertz CT molecular complexity index is 1050. The van der Waals surface area contributed by atoms with Gasteiger partial charge in [-0.15, -0.1) is 0 Å². The van der Waals surface area contributed by atoms with Gasteiger partial charge in [-0.1, -0.05) is 18.2 Å². The number of amides is 3. The molecule has 9 heteroatoms. The van der Waals surface area contributed by atoms with Crippen LogP contribution < -0.4 is 15.4 Å². The van der Waals surface area contributed by atoms with Gasteiger partial charge in [-0.25, -0.2) is 4.79 Å². The van der Waals surface area contributed by atoms with E-state index in [0.29, 0.717) is 38.9 Å². The molecule has 2 saturated heterocycles. The Morgan fingerprint density at radius 2 is 1.92 bits per heavy atom. The molecular formula is C30H45N3O6. The van der Waals surface area contributed by atoms with Crippen molar-refractivity contribution in [3.63, 3.8) is 0 Å². The predicted molar refractivity (Wildman–Crippen MR) is 147 cm³/mol. The second-order valence-electron chi connectivity index (χ2n) is 12.7. The number of nitrogens with one attached hydrogen (secondary N) is 2. The van der Waals surface area contributed by atoms with Gasteiger partial charge in [0.1, 0.15) is 23.0 Å². The normalized spacial score (nSPS) is 26.2. The van der Waals surface area contributed by atoms with E-state index >= 15 is 0 Å². The molecule has 1 aromatic rings. The van der Waals surface area contributed by atoms with Crippen LogP contribution in [0.3, 0.4) is 0 Å². The molecule has 0 aromatic heterocycles. The lowest BCUT2D eigenvalue weighted by Gasteiger charge is -2.53. The van der Waals surface area contributed by atoms with Gasteiger partial charge in [0, 0.05) is 44.0 Å². The summed E-state index contributed by atoms with van der Waals surface area (Å²) in [5.41, 5.74) is 0.197. The summed E-state index contributed by atoms with van der Waals surface area (Å²) >= 11 is 0. The first kappa shape index (κ1) is 29.2. The lowest BCUT2D eigenvalue weighted by molar-refractivity contribution is -0.189. The number of benzene rings is 1. The zero-order chi connectivity index (χ0) is 28.4. The first-order chi connectivity index (χ1) is 18.3. The topological polar surface area (TPSA) is 106 Å². The summed E-state index contributed by atoms with van der Waals surface area (Å²) in [6.45, 7) is 12.8. The summed E-state index contributed by atoms with van der Waals surface area (Å²) in [6.07, 6.45) is 3.21. The van der Waals surface area contributed by atoms with Crippen molar-refractivity contribution in [1.82, 2.24) is 15.5 Å². The highest BCUT2D eigenvalue weighted by molar-refractivity contribution is 5.87. The quantitative estimate of drug-likeness (QED) is 0.496. The number of piperidine rings is 1. The van der Waals surface area contributed by atoms with Crippen molar-refractivity contribution in [1.29, 1.82) is 0 Å². The minimum Gasteiger partial charge on any atom is -0.487 e. The number of alkyl carbamates (subject to hydrolysis) is 1. The summed E-state index contributed by atoms with van der Waals surface area (Å²) in [4.78, 5) is 39.2. The molecule has 3 heterocycles. The van der Waals surface area contributed by atoms with Gasteiger partial charge in [0.2, 0.25) is 11.8 Å². The highest BCUT2D eigenvalue weighted by atomic mass is 16.6. The van der Waals surface area contributed by atoms with Gasteiger partial charge in [-0.2, -0.15) is 0 Å². The maximum Gasteiger partial charge on any atom is 0.407 e. The fraction of sp³-hybridized carbons (Fsp3) is 0.700. The van der Waals surface area contributed by atoms with Crippen LogP contribution in [0.15, 0.2) is 24.3 Å². The van der Waals surface area contributed by atoms with Crippen molar-refractivity contribution in [3.8, 4) is 5.75 Å². The number of unbranched alkanes of at least 4 members (excludes halogenated alkanes) is 1. The van der Waals surface area contributed by atoms with E-state index in [0.717, 1.165) is 24.2 Å². The Kier molecular flexibility index (Phi) is 8.78. The molecular weight excluding hydrogens is 498 g/mol. The number of likely N-dealkylation sites (tertiary alicyclic amines) is 1. The molecule has 0 unspecified atom stereocenters. The third-order valence-electron chi connectivity index (χ3n) is 7.97. The zero-order valence-electron chi connectivity index (χ0n) is 24.2. The molecule has 3 aliphatic rings. The largest absolute Gasteiger partial charge is 0.487 e. The van der Waals surface area contributed by atoms with Crippen LogP contribution in [-0.4, -0.2) is 65.8 Å². The minimum atomic E-state index is -0.584. The number of hydrogen-bond donors (Lipinski definition) is 2. The highest BCUT2D eigenvalue weighted by Gasteiger charge is 2.51. The molecule has 2 N–H and O–H groups in total. The van der Waals surface area contributed by atoms with Crippen molar-refractivity contribution in [2.45, 2.75) is 103 Å². The second-order valence-corrected chi connectivity index (χ2v) is 12.7. The minimum absolute atomic E-state index is 0.00475. The average Bonchev–Trinajstić information content (AvgIpc) is 2.84. The van der Waals surface area contributed by atoms with Gasteiger partial charge in [-0.3, -0.25) is 9.59 Å². The molecule has 0 radical (unpaired) electrons. The molecule has 0 aliphatic carbocycles. The molecule has 9 nitrogen and oxygen atoms in total. The molecule has 5 atom stereocenters. The third kappa shape index (κ3) is 7.24. The molecule has 2 fully saturated rings. The van der Waals surface area contributed by atoms with Crippen molar-refractivity contribution in [2.24, 2.45) is 11.8 Å². The molecule has 0 spiro atoms. The summed E-state index contributed by atoms with van der Waals surface area (Å²) in [5.74, 6) is 1.03. The van der Waals surface area contributed by atoms with Crippen molar-refractivity contribution < 1.29 is 28.6 Å². The third-order valence-corrected chi connectivity index (χ3v) is 7.97. The van der Waals surface area contributed by atoms with Crippen LogP contribution in [0.25, 0.3) is 0 Å². The van der Waals surface area contributed by atoms with E-state index in [1.165, 1.54) is 6.92 Å². The molecule has 4 rings (SSSR count). The van der Waals surface area contributed by atoms with Crippen LogP contribution in [0.4, 0.5) is 4.79 Å². The number of hydrogen-bond acceptors (Lipinski definition) is 6. The van der Waals surface area contributed by atoms with Crippen molar-refractivity contribution in [3.05, 3.63) is 29.8 Å². The van der Waals surface area contributed by atoms with Crippen LogP contribution >= 0.6 is 0 Å². The van der Waals surface area contributed by atoms with Gasteiger partial charge in [0.25, 0.3) is 0 Å². The summed E-state index contributed by atoms with van der Waals surface area (Å²) < 4.78 is 18.4. The lowest BCUT2D eigenvalue weighted by atomic mass is 9.70. The zero-order valence-corrected chi connectivity index (χ0v) is 24.2. The summed E-state index contributed by atoms with van der Waals surface area (Å²) in [5, 5.41) is 5.60. The van der Waals surface area contributed by atoms with Crippen LogP contribution in [-0.2, 0) is 19.1 Å². The average molecular weight is 544 g/mol. The van der Waals surface area contributed by atoms with E-state index < -0.39 is 17.7 Å². The summed E-state index contributed by atoms with van der Waals surface area (Å²) in [7, 11) is 0. The van der Waals surface area contributed by atoms with Gasteiger partial charge in [0.05, 0.1) is 12.2 Å². The second kappa shape index (κ2) is 11.7. The molecule has 0 saturated carbocycles. The van der Waals surface area contributed by atoms with E-state index in [2.05, 4.69) is 30.5 Å². The first-order valence-corrected chi connectivity index (χ1v) is 14.3. The van der Waals surface area contributed by atoms with E-state index in [1.807, 2.05) is 43.9 Å². The highest BCUT2D eigenvalue weighted by Crippen LogP contribution is 2.52. The Balaban J connectivity index is 1.33.